The van der Waals surface area contributed by atoms with E-state index in [0.29, 0.717) is 13.1 Å². The Morgan fingerprint density at radius 3 is 2.41 bits per heavy atom. The molecule has 0 radical (unpaired) electrons. The van der Waals surface area contributed by atoms with Gasteiger partial charge in [-0.25, -0.2) is 0 Å². The summed E-state index contributed by atoms with van der Waals surface area (Å²) in [5.41, 5.74) is 2.45. The van der Waals surface area contributed by atoms with Crippen molar-refractivity contribution in [2.45, 2.75) is 45.2 Å². The van der Waals surface area contributed by atoms with Crippen LogP contribution in [-0.2, 0) is 22.6 Å². The van der Waals surface area contributed by atoms with E-state index < -0.39 is 5.97 Å². The topological polar surface area (TPSA) is 64.1 Å². The maximum atomic E-state index is 12.6. The minimum absolute atomic E-state index is 0.0726. The van der Waals surface area contributed by atoms with E-state index in [1.165, 1.54) is 5.56 Å². The van der Waals surface area contributed by atoms with Crippen LogP contribution in [0, 0.1) is 0 Å². The molecule has 150 valence electrons. The van der Waals surface area contributed by atoms with Crippen molar-refractivity contribution in [3.8, 4) is 0 Å². The summed E-state index contributed by atoms with van der Waals surface area (Å²) in [6.07, 6.45) is 3.89. The van der Waals surface area contributed by atoms with Crippen molar-refractivity contribution in [2.75, 3.05) is 40.3 Å². The summed E-state index contributed by atoms with van der Waals surface area (Å²) in [7, 11) is 3.73. The van der Waals surface area contributed by atoms with Crippen molar-refractivity contribution in [3.63, 3.8) is 0 Å². The molecule has 1 heterocycles. The number of hydrogen-bond acceptors (Lipinski definition) is 4. The second kappa shape index (κ2) is 10.4. The average Bonchev–Trinajstić information content (AvgIpc) is 2.87. The third kappa shape index (κ3) is 6.96. The first-order valence-corrected chi connectivity index (χ1v) is 9.85. The van der Waals surface area contributed by atoms with Crippen LogP contribution in [0.4, 0.5) is 0 Å². The molecule has 1 aromatic rings. The molecular formula is C21H33N3O3. The summed E-state index contributed by atoms with van der Waals surface area (Å²) >= 11 is 0. The lowest BCUT2D eigenvalue weighted by Crippen LogP contribution is -2.39. The number of hydrogen-bond donors (Lipinski definition) is 1. The first-order valence-electron chi connectivity index (χ1n) is 9.85. The Balaban J connectivity index is 1.81. The molecule has 0 spiro atoms. The predicted octanol–water partition coefficient (Wildman–Crippen LogP) is 2.08. The fraction of sp³-hybridized carbons (Fsp3) is 0.619. The lowest BCUT2D eigenvalue weighted by atomic mass is 10.1. The number of nitrogens with zero attached hydrogens (tertiary/aromatic N) is 3. The summed E-state index contributed by atoms with van der Waals surface area (Å²) in [6.45, 7) is 4.99. The van der Waals surface area contributed by atoms with Gasteiger partial charge in [0.05, 0.1) is 13.1 Å². The number of likely N-dealkylation sites (N-methyl/N-ethyl adjacent to an activating group) is 2. The third-order valence-corrected chi connectivity index (χ3v) is 5.43. The van der Waals surface area contributed by atoms with E-state index in [9.17, 15) is 9.59 Å². The van der Waals surface area contributed by atoms with Gasteiger partial charge in [0.1, 0.15) is 0 Å². The number of rotatable bonds is 8. The molecule has 1 saturated heterocycles. The van der Waals surface area contributed by atoms with Gasteiger partial charge in [0, 0.05) is 26.2 Å². The van der Waals surface area contributed by atoms with Crippen LogP contribution in [0.25, 0.3) is 0 Å². The molecule has 1 aromatic carbocycles. The van der Waals surface area contributed by atoms with Gasteiger partial charge in [0.25, 0.3) is 0 Å². The number of carboxylic acid groups (broad SMARTS) is 1. The van der Waals surface area contributed by atoms with Crippen LogP contribution in [0.2, 0.25) is 0 Å². The Labute approximate surface area is 162 Å². The van der Waals surface area contributed by atoms with Crippen molar-refractivity contribution in [2.24, 2.45) is 0 Å². The number of benzene rings is 1. The number of aliphatic carboxylic acids is 1. The quantitative estimate of drug-likeness (QED) is 0.754. The minimum atomic E-state index is -0.789. The molecule has 1 fully saturated rings. The molecule has 1 aliphatic rings. The van der Waals surface area contributed by atoms with Crippen molar-refractivity contribution in [1.82, 2.24) is 14.7 Å². The van der Waals surface area contributed by atoms with Gasteiger partial charge < -0.3 is 10.0 Å². The first-order chi connectivity index (χ1) is 12.9. The molecule has 1 aliphatic heterocycles. The molecule has 0 saturated carbocycles. The monoisotopic (exact) mass is 375 g/mol. The molecular weight excluding hydrogens is 342 g/mol. The van der Waals surface area contributed by atoms with Crippen molar-refractivity contribution < 1.29 is 14.7 Å². The SMILES string of the molecule is CCc1ccc(CN(C)C(=O)CN2CCCC(N(C)CC(=O)O)CC2)cc1. The van der Waals surface area contributed by atoms with Gasteiger partial charge >= 0.3 is 5.97 Å². The highest BCUT2D eigenvalue weighted by Crippen LogP contribution is 2.16. The van der Waals surface area contributed by atoms with E-state index in [2.05, 4.69) is 36.1 Å². The molecule has 0 bridgehead atoms. The van der Waals surface area contributed by atoms with Crippen molar-refractivity contribution in [1.29, 1.82) is 0 Å². The summed E-state index contributed by atoms with van der Waals surface area (Å²) < 4.78 is 0. The smallest absolute Gasteiger partial charge is 0.317 e. The van der Waals surface area contributed by atoms with Gasteiger partial charge in [-0.3, -0.25) is 19.4 Å². The highest BCUT2D eigenvalue weighted by atomic mass is 16.4. The van der Waals surface area contributed by atoms with E-state index in [1.54, 1.807) is 4.90 Å². The van der Waals surface area contributed by atoms with Crippen LogP contribution >= 0.6 is 0 Å². The maximum absolute atomic E-state index is 12.6. The third-order valence-electron chi connectivity index (χ3n) is 5.43. The van der Waals surface area contributed by atoms with Crippen LogP contribution in [0.5, 0.6) is 0 Å². The van der Waals surface area contributed by atoms with E-state index in [-0.39, 0.29) is 18.5 Å². The summed E-state index contributed by atoms with van der Waals surface area (Å²) in [6, 6.07) is 8.71. The lowest BCUT2D eigenvalue weighted by molar-refractivity contribution is -0.138. The van der Waals surface area contributed by atoms with Crippen LogP contribution in [-0.4, -0.2) is 78.0 Å². The molecule has 6 heteroatoms. The number of carbonyl (C=O) groups is 2. The summed E-state index contributed by atoms with van der Waals surface area (Å²) in [5.74, 6) is -0.658. The second-order valence-corrected chi connectivity index (χ2v) is 7.59. The Hall–Kier alpha value is -1.92. The molecule has 0 aliphatic carbocycles. The number of aryl methyl sites for hydroxylation is 1. The molecule has 0 aromatic heterocycles. The van der Waals surface area contributed by atoms with E-state index >= 15 is 0 Å². The molecule has 27 heavy (non-hydrogen) atoms. The number of carbonyl (C=O) groups excluding carboxylic acids is 1. The normalized spacial score (nSPS) is 18.3. The maximum Gasteiger partial charge on any atom is 0.317 e. The van der Waals surface area contributed by atoms with Crippen LogP contribution in [0.3, 0.4) is 0 Å². The Morgan fingerprint density at radius 2 is 1.78 bits per heavy atom. The Morgan fingerprint density at radius 1 is 1.11 bits per heavy atom. The largest absolute Gasteiger partial charge is 0.480 e. The molecule has 1 amide bonds. The molecule has 1 unspecified atom stereocenters. The standard InChI is InChI=1S/C21H33N3O3/c1-4-17-7-9-18(10-8-17)14-23(3)20(25)15-24-12-5-6-19(11-13-24)22(2)16-21(26)27/h7-10,19H,4-6,11-16H2,1-3H3,(H,26,27). The molecule has 1 atom stereocenters. The van der Waals surface area contributed by atoms with Crippen LogP contribution in [0.15, 0.2) is 24.3 Å². The lowest BCUT2D eigenvalue weighted by Gasteiger charge is -2.26. The zero-order valence-electron chi connectivity index (χ0n) is 16.9. The van der Waals surface area contributed by atoms with Gasteiger partial charge in [-0.05, 0) is 50.4 Å². The van der Waals surface area contributed by atoms with E-state index in [1.807, 2.05) is 19.0 Å². The molecule has 2 rings (SSSR count). The van der Waals surface area contributed by atoms with E-state index in [0.717, 1.165) is 44.3 Å². The van der Waals surface area contributed by atoms with Crippen molar-refractivity contribution >= 4 is 11.9 Å². The van der Waals surface area contributed by atoms with Gasteiger partial charge in [-0.1, -0.05) is 31.2 Å². The number of carboxylic acids is 1. The Bertz CT molecular complexity index is 618. The first kappa shape index (κ1) is 21.4. The Kier molecular flexibility index (Phi) is 8.25. The van der Waals surface area contributed by atoms with Gasteiger partial charge in [0.2, 0.25) is 5.91 Å². The zero-order valence-corrected chi connectivity index (χ0v) is 16.9. The summed E-state index contributed by atoms with van der Waals surface area (Å²) in [5, 5.41) is 8.96. The minimum Gasteiger partial charge on any atom is -0.480 e. The summed E-state index contributed by atoms with van der Waals surface area (Å²) in [4.78, 5) is 29.4. The van der Waals surface area contributed by atoms with E-state index in [4.69, 9.17) is 5.11 Å². The van der Waals surface area contributed by atoms with Crippen molar-refractivity contribution in [3.05, 3.63) is 35.4 Å². The number of likely N-dealkylation sites (tertiary alicyclic amines) is 1. The fourth-order valence-corrected chi connectivity index (χ4v) is 3.63. The molecule has 1 N–H and O–H groups in total. The number of amides is 1. The second-order valence-electron chi connectivity index (χ2n) is 7.59. The highest BCUT2D eigenvalue weighted by molar-refractivity contribution is 5.78. The van der Waals surface area contributed by atoms with Crippen LogP contribution in [0.1, 0.15) is 37.3 Å². The van der Waals surface area contributed by atoms with Gasteiger partial charge in [0.15, 0.2) is 0 Å². The highest BCUT2D eigenvalue weighted by Gasteiger charge is 2.23. The molecule has 6 nitrogen and oxygen atoms in total. The fourth-order valence-electron chi connectivity index (χ4n) is 3.63. The van der Waals surface area contributed by atoms with Gasteiger partial charge in [-0.15, -0.1) is 0 Å². The van der Waals surface area contributed by atoms with Crippen LogP contribution < -0.4 is 0 Å². The van der Waals surface area contributed by atoms with Gasteiger partial charge in [-0.2, -0.15) is 0 Å². The average molecular weight is 376 g/mol. The zero-order chi connectivity index (χ0) is 19.8. The predicted molar refractivity (Wildman–Crippen MR) is 107 cm³/mol.